The quantitative estimate of drug-likeness (QED) is 0.569. The first kappa shape index (κ1) is 10.6. The van der Waals surface area contributed by atoms with Crippen molar-refractivity contribution in [3.8, 4) is 0 Å². The maximum absolute atomic E-state index is 12.4. The van der Waals surface area contributed by atoms with Crippen molar-refractivity contribution in [2.75, 3.05) is 0 Å². The number of amides is 1. The minimum absolute atomic E-state index is 0.405. The molecule has 0 unspecified atom stereocenters. The Labute approximate surface area is 76.2 Å². The van der Waals surface area contributed by atoms with Crippen LogP contribution in [0.3, 0.4) is 0 Å². The summed E-state index contributed by atoms with van der Waals surface area (Å²) in [7, 11) is 0. The van der Waals surface area contributed by atoms with Crippen molar-refractivity contribution >= 4 is 17.5 Å². The van der Waals surface area contributed by atoms with Gasteiger partial charge >= 0.3 is 11.3 Å². The third kappa shape index (κ3) is 2.24. The number of alkyl halides is 5. The Morgan fingerprint density at radius 2 is 1.77 bits per heavy atom. The van der Waals surface area contributed by atoms with Gasteiger partial charge in [-0.1, -0.05) is 0 Å². The molecule has 1 N–H and O–H groups in total. The van der Waals surface area contributed by atoms with E-state index in [-0.39, 0.29) is 0 Å². The van der Waals surface area contributed by atoms with Gasteiger partial charge < -0.3 is 5.32 Å². The van der Waals surface area contributed by atoms with Crippen LogP contribution < -0.4 is 5.32 Å². The second-order valence-electron chi connectivity index (χ2n) is 2.82. The summed E-state index contributed by atoms with van der Waals surface area (Å²) < 4.78 is 48.8. The zero-order valence-electron chi connectivity index (χ0n) is 6.29. The van der Waals surface area contributed by atoms with Crippen LogP contribution in [-0.2, 0) is 4.79 Å². The molecule has 1 fully saturated rings. The molecular weight excluding hydrogens is 214 g/mol. The SMILES string of the molecule is O=C(NC1CC1)C(F)(F)C(F)(F)Cl. The smallest absolute Gasteiger partial charge is 0.348 e. The summed E-state index contributed by atoms with van der Waals surface area (Å²) in [5.74, 6) is -6.87. The van der Waals surface area contributed by atoms with Gasteiger partial charge in [-0.25, -0.2) is 0 Å². The van der Waals surface area contributed by atoms with Crippen molar-refractivity contribution < 1.29 is 22.4 Å². The van der Waals surface area contributed by atoms with Crippen molar-refractivity contribution in [3.05, 3.63) is 0 Å². The Balaban J connectivity index is 2.61. The first-order chi connectivity index (χ1) is 5.75. The van der Waals surface area contributed by atoms with Crippen molar-refractivity contribution in [2.45, 2.75) is 30.2 Å². The average molecular weight is 220 g/mol. The Morgan fingerprint density at radius 1 is 1.31 bits per heavy atom. The van der Waals surface area contributed by atoms with Crippen LogP contribution in [0.15, 0.2) is 0 Å². The van der Waals surface area contributed by atoms with Crippen LogP contribution in [0.4, 0.5) is 17.6 Å². The maximum Gasteiger partial charge on any atom is 0.400 e. The van der Waals surface area contributed by atoms with E-state index in [1.165, 1.54) is 0 Å². The monoisotopic (exact) mass is 219 g/mol. The van der Waals surface area contributed by atoms with E-state index in [9.17, 15) is 22.4 Å². The molecule has 0 bridgehead atoms. The third-order valence-corrected chi connectivity index (χ3v) is 1.79. The normalized spacial score (nSPS) is 18.5. The molecule has 1 aliphatic rings. The fraction of sp³-hybridized carbons (Fsp3) is 0.833. The molecule has 0 spiro atoms. The molecule has 0 atom stereocenters. The van der Waals surface area contributed by atoms with E-state index in [1.54, 1.807) is 5.32 Å². The second kappa shape index (κ2) is 3.01. The fourth-order valence-electron chi connectivity index (χ4n) is 0.632. The van der Waals surface area contributed by atoms with E-state index in [0.29, 0.717) is 12.8 Å². The number of carbonyl (C=O) groups excluding carboxylic acids is 1. The minimum atomic E-state index is -4.85. The number of hydrogen-bond acceptors (Lipinski definition) is 1. The van der Waals surface area contributed by atoms with Crippen molar-refractivity contribution in [1.82, 2.24) is 5.32 Å². The van der Waals surface area contributed by atoms with Crippen LogP contribution in [0.25, 0.3) is 0 Å². The van der Waals surface area contributed by atoms with Gasteiger partial charge in [0.2, 0.25) is 0 Å². The molecule has 0 aliphatic heterocycles. The Morgan fingerprint density at radius 3 is 2.08 bits per heavy atom. The number of rotatable bonds is 3. The first-order valence-corrected chi connectivity index (χ1v) is 3.88. The summed E-state index contributed by atoms with van der Waals surface area (Å²) in [4.78, 5) is 10.5. The number of hydrogen-bond donors (Lipinski definition) is 1. The van der Waals surface area contributed by atoms with Gasteiger partial charge in [0.25, 0.3) is 5.91 Å². The molecule has 1 aliphatic carbocycles. The van der Waals surface area contributed by atoms with Gasteiger partial charge in [-0.2, -0.15) is 17.6 Å². The highest BCUT2D eigenvalue weighted by Gasteiger charge is 2.61. The Bertz CT molecular complexity index is 223. The van der Waals surface area contributed by atoms with Crippen molar-refractivity contribution in [1.29, 1.82) is 0 Å². The van der Waals surface area contributed by atoms with Gasteiger partial charge in [0.05, 0.1) is 0 Å². The van der Waals surface area contributed by atoms with Crippen LogP contribution in [0, 0.1) is 0 Å². The van der Waals surface area contributed by atoms with Crippen LogP contribution in [0.1, 0.15) is 12.8 Å². The lowest BCUT2D eigenvalue weighted by Crippen LogP contribution is -2.50. The zero-order valence-corrected chi connectivity index (χ0v) is 7.05. The molecule has 76 valence electrons. The molecule has 0 heterocycles. The van der Waals surface area contributed by atoms with E-state index in [0.717, 1.165) is 0 Å². The van der Waals surface area contributed by atoms with Crippen LogP contribution in [0.2, 0.25) is 0 Å². The molecule has 0 aromatic rings. The Hall–Kier alpha value is -0.520. The van der Waals surface area contributed by atoms with Crippen molar-refractivity contribution in [3.63, 3.8) is 0 Å². The highest BCUT2D eigenvalue weighted by Crippen LogP contribution is 2.38. The molecule has 0 aromatic carbocycles. The number of carbonyl (C=O) groups is 1. The summed E-state index contributed by atoms with van der Waals surface area (Å²) in [5.41, 5.74) is 0. The van der Waals surface area contributed by atoms with Gasteiger partial charge in [0, 0.05) is 6.04 Å². The van der Waals surface area contributed by atoms with E-state index >= 15 is 0 Å². The van der Waals surface area contributed by atoms with Gasteiger partial charge in [-0.3, -0.25) is 4.79 Å². The molecule has 0 radical (unpaired) electrons. The lowest BCUT2D eigenvalue weighted by atomic mass is 10.3. The largest absolute Gasteiger partial charge is 0.400 e. The predicted octanol–water partition coefficient (Wildman–Crippen LogP) is 1.73. The Kier molecular flexibility index (Phi) is 2.44. The van der Waals surface area contributed by atoms with Gasteiger partial charge in [-0.05, 0) is 24.4 Å². The predicted molar refractivity (Wildman–Crippen MR) is 36.9 cm³/mol. The second-order valence-corrected chi connectivity index (χ2v) is 3.29. The minimum Gasteiger partial charge on any atom is -0.348 e. The van der Waals surface area contributed by atoms with E-state index < -0.39 is 23.3 Å². The zero-order chi connectivity index (χ0) is 10.3. The molecule has 1 rings (SSSR count). The lowest BCUT2D eigenvalue weighted by molar-refractivity contribution is -0.180. The molecular formula is C6H6ClF4NO. The molecule has 0 aromatic heterocycles. The number of halogens is 5. The molecule has 7 heteroatoms. The molecule has 2 nitrogen and oxygen atoms in total. The highest BCUT2D eigenvalue weighted by atomic mass is 35.5. The van der Waals surface area contributed by atoms with Crippen molar-refractivity contribution in [2.24, 2.45) is 0 Å². The van der Waals surface area contributed by atoms with Gasteiger partial charge in [-0.15, -0.1) is 0 Å². The standard InChI is InChI=1S/C6H6ClF4NO/c7-6(10,11)5(8,9)4(13)12-3-1-2-3/h3H,1-2H2,(H,12,13). The summed E-state index contributed by atoms with van der Waals surface area (Å²) >= 11 is 4.08. The number of nitrogens with one attached hydrogen (secondary N) is 1. The van der Waals surface area contributed by atoms with Crippen LogP contribution in [0.5, 0.6) is 0 Å². The maximum atomic E-state index is 12.4. The topological polar surface area (TPSA) is 29.1 Å². The van der Waals surface area contributed by atoms with Crippen LogP contribution >= 0.6 is 11.6 Å². The van der Waals surface area contributed by atoms with E-state index in [4.69, 9.17) is 0 Å². The lowest BCUT2D eigenvalue weighted by Gasteiger charge is -2.19. The summed E-state index contributed by atoms with van der Waals surface area (Å²) in [6, 6.07) is -0.405. The molecule has 1 saturated carbocycles. The van der Waals surface area contributed by atoms with Crippen LogP contribution in [-0.4, -0.2) is 23.3 Å². The fourth-order valence-corrected chi connectivity index (χ4v) is 0.718. The highest BCUT2D eigenvalue weighted by molar-refractivity contribution is 6.24. The summed E-state index contributed by atoms with van der Waals surface area (Å²) in [5, 5.41) is -3.09. The van der Waals surface area contributed by atoms with E-state index in [1.807, 2.05) is 0 Å². The molecule has 13 heavy (non-hydrogen) atoms. The molecule has 1 amide bonds. The molecule has 0 saturated heterocycles. The van der Waals surface area contributed by atoms with Gasteiger partial charge in [0.1, 0.15) is 0 Å². The van der Waals surface area contributed by atoms with E-state index in [2.05, 4.69) is 11.6 Å². The van der Waals surface area contributed by atoms with Gasteiger partial charge in [0.15, 0.2) is 0 Å². The third-order valence-electron chi connectivity index (χ3n) is 1.55. The average Bonchev–Trinajstić information content (AvgIpc) is 2.68. The first-order valence-electron chi connectivity index (χ1n) is 3.50. The summed E-state index contributed by atoms with van der Waals surface area (Å²) in [6.07, 6.45) is 1.07. The summed E-state index contributed by atoms with van der Waals surface area (Å²) in [6.45, 7) is 0.